The van der Waals surface area contributed by atoms with Gasteiger partial charge < -0.3 is 9.88 Å². The third-order valence-corrected chi connectivity index (χ3v) is 8.80. The van der Waals surface area contributed by atoms with Crippen LogP contribution >= 0.6 is 34.7 Å². The lowest BCUT2D eigenvalue weighted by atomic mass is 9.72. The first kappa shape index (κ1) is 24.8. The molecule has 4 rings (SSSR count). The molecule has 1 unspecified atom stereocenters. The third-order valence-electron chi connectivity index (χ3n) is 6.33. The van der Waals surface area contributed by atoms with Crippen molar-refractivity contribution in [2.75, 3.05) is 11.1 Å². The maximum Gasteiger partial charge on any atom is 0.235 e. The average Bonchev–Trinajstić information content (AvgIpc) is 3.36. The molecule has 1 aliphatic rings. The van der Waals surface area contributed by atoms with Crippen molar-refractivity contribution in [2.24, 2.45) is 11.3 Å². The number of aromatic nitrogens is 3. The van der Waals surface area contributed by atoms with Gasteiger partial charge in [0.15, 0.2) is 11.0 Å². The lowest BCUT2D eigenvalue weighted by Gasteiger charge is -2.33. The minimum absolute atomic E-state index is 0.155. The summed E-state index contributed by atoms with van der Waals surface area (Å²) < 4.78 is 1.95. The molecular weight excluding hydrogens is 486 g/mol. The number of hydrogen-bond donors (Lipinski definition) is 1. The van der Waals surface area contributed by atoms with E-state index in [9.17, 15) is 10.1 Å². The lowest BCUT2D eigenvalue weighted by molar-refractivity contribution is -0.113. The van der Waals surface area contributed by atoms with E-state index in [-0.39, 0.29) is 17.1 Å². The van der Waals surface area contributed by atoms with Crippen LogP contribution in [0.5, 0.6) is 0 Å². The van der Waals surface area contributed by atoms with Crippen LogP contribution in [-0.4, -0.2) is 26.4 Å². The first-order valence-corrected chi connectivity index (χ1v) is 13.6. The summed E-state index contributed by atoms with van der Waals surface area (Å²) in [6.07, 6.45) is 2.94. The first-order chi connectivity index (χ1) is 16.2. The number of nitrogens with one attached hydrogen (secondary N) is 1. The maximum absolute atomic E-state index is 12.8. The summed E-state index contributed by atoms with van der Waals surface area (Å²) in [7, 11) is 0. The molecule has 34 heavy (non-hydrogen) atoms. The fourth-order valence-electron chi connectivity index (χ4n) is 4.35. The second-order valence-electron chi connectivity index (χ2n) is 9.49. The molecule has 1 aromatic carbocycles. The van der Waals surface area contributed by atoms with Gasteiger partial charge in [-0.05, 0) is 55.2 Å². The highest BCUT2D eigenvalue weighted by molar-refractivity contribution is 7.99. The number of hydrogen-bond acceptors (Lipinski definition) is 6. The molecule has 0 saturated heterocycles. The summed E-state index contributed by atoms with van der Waals surface area (Å²) in [5, 5.41) is 23.3. The molecule has 9 heteroatoms. The van der Waals surface area contributed by atoms with E-state index >= 15 is 0 Å². The molecule has 2 heterocycles. The number of carbonyl (C=O) groups excluding carboxylic acids is 1. The van der Waals surface area contributed by atoms with Gasteiger partial charge in [0.25, 0.3) is 0 Å². The summed E-state index contributed by atoms with van der Waals surface area (Å²) in [5.74, 6) is 1.29. The number of benzene rings is 1. The van der Waals surface area contributed by atoms with E-state index in [2.05, 4.69) is 42.4 Å². The predicted molar refractivity (Wildman–Crippen MR) is 139 cm³/mol. The highest BCUT2D eigenvalue weighted by atomic mass is 35.5. The normalized spacial score (nSPS) is 15.6. The number of thiophene rings is 1. The molecule has 1 aliphatic carbocycles. The van der Waals surface area contributed by atoms with Crippen LogP contribution < -0.4 is 5.32 Å². The number of amides is 1. The van der Waals surface area contributed by atoms with E-state index in [0.717, 1.165) is 30.4 Å². The van der Waals surface area contributed by atoms with Gasteiger partial charge in [0.05, 0.1) is 16.3 Å². The molecule has 178 valence electrons. The van der Waals surface area contributed by atoms with Crippen molar-refractivity contribution >= 4 is 45.6 Å². The Balaban J connectivity index is 1.46. The number of nitrogens with zero attached hydrogens (tertiary/aromatic N) is 4. The molecule has 0 saturated carbocycles. The monoisotopic (exact) mass is 513 g/mol. The molecule has 1 atom stereocenters. The van der Waals surface area contributed by atoms with Crippen LogP contribution in [0.4, 0.5) is 5.00 Å². The fraction of sp³-hybridized carbons (Fsp3) is 0.440. The van der Waals surface area contributed by atoms with E-state index in [0.29, 0.717) is 39.0 Å². The summed E-state index contributed by atoms with van der Waals surface area (Å²) in [4.78, 5) is 14.0. The largest absolute Gasteiger partial charge is 0.316 e. The molecule has 1 N–H and O–H groups in total. The minimum atomic E-state index is -0.155. The summed E-state index contributed by atoms with van der Waals surface area (Å²) in [6, 6.07) is 9.85. The van der Waals surface area contributed by atoms with E-state index in [4.69, 9.17) is 11.6 Å². The number of fused-ring (bicyclic) bond motifs is 1. The molecule has 6 nitrogen and oxygen atoms in total. The summed E-state index contributed by atoms with van der Waals surface area (Å²) in [6.45, 7) is 9.48. The highest BCUT2D eigenvalue weighted by Crippen LogP contribution is 2.44. The van der Waals surface area contributed by atoms with Gasteiger partial charge in [0.2, 0.25) is 5.91 Å². The average molecular weight is 514 g/mol. The van der Waals surface area contributed by atoms with E-state index < -0.39 is 0 Å². The minimum Gasteiger partial charge on any atom is -0.316 e. The Kier molecular flexibility index (Phi) is 7.36. The van der Waals surface area contributed by atoms with Gasteiger partial charge in [-0.3, -0.25) is 4.79 Å². The Hall–Kier alpha value is -2.34. The Labute approximate surface area is 213 Å². The fourth-order valence-corrected chi connectivity index (χ4v) is 6.66. The number of halogens is 1. The van der Waals surface area contributed by atoms with Crippen LogP contribution in [0.2, 0.25) is 5.02 Å². The molecule has 2 aromatic heterocycles. The van der Waals surface area contributed by atoms with E-state index in [1.54, 1.807) is 11.3 Å². The van der Waals surface area contributed by atoms with E-state index in [1.165, 1.54) is 16.6 Å². The van der Waals surface area contributed by atoms with Crippen molar-refractivity contribution in [3.8, 4) is 17.5 Å². The number of thioether (sulfide) groups is 1. The van der Waals surface area contributed by atoms with Gasteiger partial charge in [-0.25, -0.2) is 0 Å². The zero-order valence-electron chi connectivity index (χ0n) is 19.8. The van der Waals surface area contributed by atoms with Crippen LogP contribution in [0.25, 0.3) is 11.4 Å². The SMILES string of the molecule is CCn1c(SCC(=O)Nc2sc3c(c2C#N)CCC(C(C)(C)C)C3)nnc1-c1ccccc1Cl. The van der Waals surface area contributed by atoms with Gasteiger partial charge in [-0.1, -0.05) is 56.3 Å². The number of carbonyl (C=O) groups is 1. The van der Waals surface area contributed by atoms with Gasteiger partial charge >= 0.3 is 0 Å². The van der Waals surface area contributed by atoms with Gasteiger partial charge in [-0.2, -0.15) is 5.26 Å². The predicted octanol–water partition coefficient (Wildman–Crippen LogP) is 6.43. The molecule has 0 bridgehead atoms. The van der Waals surface area contributed by atoms with Gasteiger partial charge in [-0.15, -0.1) is 21.5 Å². The van der Waals surface area contributed by atoms with Crippen molar-refractivity contribution in [3.05, 3.63) is 45.3 Å². The molecule has 1 amide bonds. The van der Waals surface area contributed by atoms with Crippen molar-refractivity contribution in [1.29, 1.82) is 5.26 Å². The van der Waals surface area contributed by atoms with Crippen molar-refractivity contribution in [2.45, 2.75) is 58.7 Å². The molecule has 0 aliphatic heterocycles. The third kappa shape index (κ3) is 5.02. The lowest BCUT2D eigenvalue weighted by Crippen LogP contribution is -2.26. The smallest absolute Gasteiger partial charge is 0.235 e. The molecule has 0 fully saturated rings. The Morgan fingerprint density at radius 2 is 2.12 bits per heavy atom. The Bertz CT molecular complexity index is 1250. The molecule has 3 aromatic rings. The van der Waals surface area contributed by atoms with Crippen LogP contribution in [0.15, 0.2) is 29.4 Å². The quantitative estimate of drug-likeness (QED) is 0.384. The van der Waals surface area contributed by atoms with Crippen LogP contribution in [0.3, 0.4) is 0 Å². The zero-order valence-corrected chi connectivity index (χ0v) is 22.2. The van der Waals surface area contributed by atoms with Crippen LogP contribution in [0, 0.1) is 22.7 Å². The second kappa shape index (κ2) is 10.1. The van der Waals surface area contributed by atoms with Crippen LogP contribution in [0.1, 0.15) is 50.1 Å². The van der Waals surface area contributed by atoms with Crippen molar-refractivity contribution in [3.63, 3.8) is 0 Å². The molecule has 0 radical (unpaired) electrons. The van der Waals surface area contributed by atoms with Gasteiger partial charge in [0, 0.05) is 17.0 Å². The zero-order chi connectivity index (χ0) is 24.5. The number of rotatable bonds is 6. The Morgan fingerprint density at radius 1 is 1.35 bits per heavy atom. The number of anilines is 1. The van der Waals surface area contributed by atoms with Gasteiger partial charge in [0.1, 0.15) is 11.1 Å². The second-order valence-corrected chi connectivity index (χ2v) is 11.9. The number of nitriles is 1. The topological polar surface area (TPSA) is 83.6 Å². The first-order valence-electron chi connectivity index (χ1n) is 11.4. The summed E-state index contributed by atoms with van der Waals surface area (Å²) in [5.41, 5.74) is 2.78. The highest BCUT2D eigenvalue weighted by Gasteiger charge is 2.32. The Morgan fingerprint density at radius 3 is 2.79 bits per heavy atom. The van der Waals surface area contributed by atoms with Crippen molar-refractivity contribution in [1.82, 2.24) is 14.8 Å². The molecule has 0 spiro atoms. The maximum atomic E-state index is 12.8. The molecular formula is C25H28ClN5OS2. The van der Waals surface area contributed by atoms with E-state index in [1.807, 2.05) is 35.8 Å². The van der Waals surface area contributed by atoms with Crippen LogP contribution in [-0.2, 0) is 24.2 Å². The summed E-state index contributed by atoms with van der Waals surface area (Å²) >= 11 is 9.23. The van der Waals surface area contributed by atoms with Crippen molar-refractivity contribution < 1.29 is 4.79 Å². The standard InChI is InChI=1S/C25H28ClN5OS2/c1-5-31-22(17-8-6-7-9-19(17)26)29-30-24(31)33-14-21(32)28-23-18(13-27)16-11-10-15(25(2,3)4)12-20(16)34-23/h6-9,15H,5,10-12,14H2,1-4H3,(H,28,32).